The monoisotopic (exact) mass is 372 g/mol. The third kappa shape index (κ3) is 5.30. The molecule has 3 rings (SSSR count). The Balaban J connectivity index is 1.66. The van der Waals surface area contributed by atoms with E-state index in [4.69, 9.17) is 9.26 Å². The third-order valence-corrected chi connectivity index (χ3v) is 4.35. The number of nitrogens with one attached hydrogen (secondary N) is 2. The summed E-state index contributed by atoms with van der Waals surface area (Å²) in [4.78, 5) is 26.6. The molecule has 27 heavy (non-hydrogen) atoms. The van der Waals surface area contributed by atoms with Gasteiger partial charge < -0.3 is 24.8 Å². The first kappa shape index (κ1) is 18.9. The summed E-state index contributed by atoms with van der Waals surface area (Å²) in [6, 6.07) is 8.78. The predicted octanol–water partition coefficient (Wildman–Crippen LogP) is 2.94. The predicted molar refractivity (Wildman–Crippen MR) is 101 cm³/mol. The normalized spacial score (nSPS) is 16.1. The van der Waals surface area contributed by atoms with Gasteiger partial charge in [0, 0.05) is 24.9 Å². The van der Waals surface area contributed by atoms with Crippen LogP contribution in [0, 0.1) is 13.8 Å². The zero-order valence-electron chi connectivity index (χ0n) is 15.5. The number of amides is 3. The quantitative estimate of drug-likeness (QED) is 0.813. The van der Waals surface area contributed by atoms with Gasteiger partial charge in [-0.1, -0.05) is 23.4 Å². The second kappa shape index (κ2) is 8.68. The van der Waals surface area contributed by atoms with Crippen molar-refractivity contribution in [2.45, 2.75) is 32.8 Å². The van der Waals surface area contributed by atoms with E-state index >= 15 is 0 Å². The average molecular weight is 372 g/mol. The number of benzene rings is 1. The molecule has 1 saturated heterocycles. The van der Waals surface area contributed by atoms with Crippen molar-refractivity contribution in [3.8, 4) is 0 Å². The Kier molecular flexibility index (Phi) is 6.08. The first-order valence-electron chi connectivity index (χ1n) is 8.97. The average Bonchev–Trinajstić information content (AvgIpc) is 3.28. The Morgan fingerprint density at radius 1 is 1.26 bits per heavy atom. The molecular weight excluding hydrogens is 348 g/mol. The minimum atomic E-state index is -0.346. The summed E-state index contributed by atoms with van der Waals surface area (Å²) in [5.74, 6) is 0.578. The fraction of sp³-hybridized carbons (Fsp3) is 0.421. The number of aryl methyl sites for hydroxylation is 2. The van der Waals surface area contributed by atoms with Crippen LogP contribution < -0.4 is 10.6 Å². The van der Waals surface area contributed by atoms with Crippen LogP contribution in [0.5, 0.6) is 0 Å². The van der Waals surface area contributed by atoms with Gasteiger partial charge in [-0.05, 0) is 38.3 Å². The first-order chi connectivity index (χ1) is 13.0. The molecule has 8 heteroatoms. The number of aromatic nitrogens is 1. The van der Waals surface area contributed by atoms with Gasteiger partial charge in [0.25, 0.3) is 0 Å². The summed E-state index contributed by atoms with van der Waals surface area (Å²) >= 11 is 0. The van der Waals surface area contributed by atoms with Crippen LogP contribution in [0.15, 0.2) is 34.9 Å². The molecule has 1 fully saturated rings. The molecule has 3 amide bonds. The number of ether oxygens (including phenoxy) is 1. The van der Waals surface area contributed by atoms with Gasteiger partial charge in [-0.2, -0.15) is 0 Å². The van der Waals surface area contributed by atoms with Crippen molar-refractivity contribution in [3.63, 3.8) is 0 Å². The molecule has 1 unspecified atom stereocenters. The highest BCUT2D eigenvalue weighted by Crippen LogP contribution is 2.17. The molecule has 0 saturated carbocycles. The Bertz CT molecular complexity index is 799. The lowest BCUT2D eigenvalue weighted by Gasteiger charge is -2.25. The molecule has 2 N–H and O–H groups in total. The van der Waals surface area contributed by atoms with E-state index in [0.29, 0.717) is 30.4 Å². The maximum absolute atomic E-state index is 12.8. The third-order valence-electron chi connectivity index (χ3n) is 4.35. The molecule has 0 bridgehead atoms. The summed E-state index contributed by atoms with van der Waals surface area (Å²) < 4.78 is 10.6. The van der Waals surface area contributed by atoms with Crippen molar-refractivity contribution in [2.75, 3.05) is 30.3 Å². The molecule has 1 atom stereocenters. The number of rotatable bonds is 6. The lowest BCUT2D eigenvalue weighted by Crippen LogP contribution is -2.44. The van der Waals surface area contributed by atoms with Crippen LogP contribution in [-0.4, -0.2) is 47.8 Å². The van der Waals surface area contributed by atoms with Crippen LogP contribution >= 0.6 is 0 Å². The fourth-order valence-electron chi connectivity index (χ4n) is 2.94. The second-order valence-corrected chi connectivity index (χ2v) is 6.63. The number of carbonyl (C=O) groups is 2. The number of para-hydroxylation sites is 1. The number of nitrogens with zero attached hydrogens (tertiary/aromatic N) is 2. The van der Waals surface area contributed by atoms with Gasteiger partial charge >= 0.3 is 6.03 Å². The molecule has 0 aliphatic carbocycles. The van der Waals surface area contributed by atoms with Crippen molar-refractivity contribution in [1.82, 2.24) is 10.1 Å². The maximum Gasteiger partial charge on any atom is 0.322 e. The van der Waals surface area contributed by atoms with Crippen LogP contribution in [0.1, 0.15) is 24.2 Å². The second-order valence-electron chi connectivity index (χ2n) is 6.63. The number of anilines is 2. The van der Waals surface area contributed by atoms with Gasteiger partial charge in [-0.25, -0.2) is 4.79 Å². The molecule has 0 spiro atoms. The van der Waals surface area contributed by atoms with E-state index in [0.717, 1.165) is 18.4 Å². The van der Waals surface area contributed by atoms with Gasteiger partial charge in [0.2, 0.25) is 5.91 Å². The van der Waals surface area contributed by atoms with Crippen molar-refractivity contribution >= 4 is 23.4 Å². The molecule has 1 aromatic heterocycles. The Morgan fingerprint density at radius 3 is 2.74 bits per heavy atom. The molecule has 0 radical (unpaired) electrons. The Hall–Kier alpha value is -2.87. The molecule has 144 valence electrons. The van der Waals surface area contributed by atoms with E-state index in [2.05, 4.69) is 15.8 Å². The topological polar surface area (TPSA) is 96.7 Å². The Morgan fingerprint density at radius 2 is 2.07 bits per heavy atom. The van der Waals surface area contributed by atoms with Crippen molar-refractivity contribution in [3.05, 3.63) is 41.7 Å². The lowest BCUT2D eigenvalue weighted by atomic mass is 10.2. The molecule has 1 aliphatic rings. The van der Waals surface area contributed by atoms with Gasteiger partial charge in [0.1, 0.15) is 12.3 Å². The highest BCUT2D eigenvalue weighted by atomic mass is 16.5. The van der Waals surface area contributed by atoms with Crippen LogP contribution in [0.2, 0.25) is 0 Å². The van der Waals surface area contributed by atoms with E-state index in [-0.39, 0.29) is 24.6 Å². The number of hydrogen-bond acceptors (Lipinski definition) is 5. The smallest absolute Gasteiger partial charge is 0.322 e. The highest BCUT2D eigenvalue weighted by Gasteiger charge is 2.25. The van der Waals surface area contributed by atoms with Gasteiger partial charge in [0.15, 0.2) is 5.82 Å². The van der Waals surface area contributed by atoms with E-state index < -0.39 is 0 Å². The lowest BCUT2D eigenvalue weighted by molar-refractivity contribution is -0.117. The van der Waals surface area contributed by atoms with E-state index in [1.54, 1.807) is 13.0 Å². The summed E-state index contributed by atoms with van der Waals surface area (Å²) in [5.41, 5.74) is 1.66. The highest BCUT2D eigenvalue weighted by molar-refractivity contribution is 5.96. The van der Waals surface area contributed by atoms with Gasteiger partial charge in [-0.15, -0.1) is 0 Å². The van der Waals surface area contributed by atoms with Gasteiger partial charge in [0.05, 0.1) is 6.10 Å². The molecule has 1 aliphatic heterocycles. The maximum atomic E-state index is 12.8. The number of urea groups is 1. The largest absolute Gasteiger partial charge is 0.376 e. The van der Waals surface area contributed by atoms with Crippen molar-refractivity contribution in [2.24, 2.45) is 0 Å². The molecule has 2 heterocycles. The summed E-state index contributed by atoms with van der Waals surface area (Å²) in [6.45, 7) is 4.58. The standard InChI is InChI=1S/C19H24N4O4/c1-13-6-3-4-8-16(13)20-19(25)23(11-15-7-5-9-26-15)12-18(24)21-17-10-14(2)27-22-17/h3-4,6,8,10,15H,5,7,9,11-12H2,1-2H3,(H,20,25)(H,21,22,24). The van der Waals surface area contributed by atoms with Crippen LogP contribution in [0.4, 0.5) is 16.3 Å². The van der Waals surface area contributed by atoms with E-state index in [1.165, 1.54) is 4.90 Å². The van der Waals surface area contributed by atoms with E-state index in [1.807, 2.05) is 31.2 Å². The number of carbonyl (C=O) groups excluding carboxylic acids is 2. The SMILES string of the molecule is Cc1cc(NC(=O)CN(CC2CCCO2)C(=O)Nc2ccccc2C)no1. The minimum Gasteiger partial charge on any atom is -0.376 e. The van der Waals surface area contributed by atoms with Gasteiger partial charge in [-0.3, -0.25) is 4.79 Å². The first-order valence-corrected chi connectivity index (χ1v) is 8.97. The van der Waals surface area contributed by atoms with Crippen LogP contribution in [0.3, 0.4) is 0 Å². The molecule has 8 nitrogen and oxygen atoms in total. The molecule has 2 aromatic rings. The number of hydrogen-bond donors (Lipinski definition) is 2. The zero-order chi connectivity index (χ0) is 19.2. The Labute approximate surface area is 157 Å². The summed E-state index contributed by atoms with van der Waals surface area (Å²) in [6.07, 6.45) is 1.77. The minimum absolute atomic E-state index is 0.0604. The van der Waals surface area contributed by atoms with Crippen LogP contribution in [-0.2, 0) is 9.53 Å². The van der Waals surface area contributed by atoms with Crippen LogP contribution in [0.25, 0.3) is 0 Å². The zero-order valence-corrected chi connectivity index (χ0v) is 15.5. The fourth-order valence-corrected chi connectivity index (χ4v) is 2.94. The molecule has 1 aromatic carbocycles. The summed E-state index contributed by atoms with van der Waals surface area (Å²) in [7, 11) is 0. The molecular formula is C19H24N4O4. The van der Waals surface area contributed by atoms with E-state index in [9.17, 15) is 9.59 Å². The van der Waals surface area contributed by atoms with Crippen molar-refractivity contribution < 1.29 is 18.8 Å². The van der Waals surface area contributed by atoms with Crippen molar-refractivity contribution in [1.29, 1.82) is 0 Å². The summed E-state index contributed by atoms with van der Waals surface area (Å²) in [5, 5.41) is 9.26.